The summed E-state index contributed by atoms with van der Waals surface area (Å²) in [5.74, 6) is -1.90. The van der Waals surface area contributed by atoms with Crippen molar-refractivity contribution in [2.75, 3.05) is 12.3 Å². The van der Waals surface area contributed by atoms with Crippen molar-refractivity contribution in [2.45, 2.75) is 13.8 Å². The highest BCUT2D eigenvalue weighted by atomic mass is 16.4. The maximum absolute atomic E-state index is 11.8. The molecule has 98 valence electrons. The zero-order chi connectivity index (χ0) is 13.7. The average Bonchev–Trinajstić information content (AvgIpc) is 2.28. The number of amides is 1. The molecule has 1 aromatic rings. The lowest BCUT2D eigenvalue weighted by molar-refractivity contribution is -0.142. The van der Waals surface area contributed by atoms with E-state index in [-0.39, 0.29) is 18.4 Å². The van der Waals surface area contributed by atoms with Gasteiger partial charge in [-0.2, -0.15) is 0 Å². The maximum Gasteiger partial charge on any atom is 0.308 e. The number of anilines is 1. The fourth-order valence-electron chi connectivity index (χ4n) is 1.61. The third kappa shape index (κ3) is 3.48. The van der Waals surface area contributed by atoms with Gasteiger partial charge in [-0.3, -0.25) is 9.59 Å². The van der Waals surface area contributed by atoms with Crippen LogP contribution in [-0.4, -0.2) is 23.5 Å². The van der Waals surface area contributed by atoms with E-state index in [1.807, 2.05) is 13.8 Å². The number of nitrogens with two attached hydrogens (primary N) is 1. The number of carboxylic acid groups (broad SMARTS) is 1. The number of carboxylic acids is 1. The molecule has 1 unspecified atom stereocenters. The second-order valence-electron chi connectivity index (χ2n) is 4.49. The highest BCUT2D eigenvalue weighted by molar-refractivity contribution is 5.99. The number of aliphatic carboxylic acids is 1. The number of nitrogen functional groups attached to an aromatic ring is 1. The summed E-state index contributed by atoms with van der Waals surface area (Å²) >= 11 is 0. The van der Waals surface area contributed by atoms with Crippen LogP contribution in [0.15, 0.2) is 24.3 Å². The van der Waals surface area contributed by atoms with Gasteiger partial charge in [-0.15, -0.1) is 0 Å². The summed E-state index contributed by atoms with van der Waals surface area (Å²) < 4.78 is 0. The van der Waals surface area contributed by atoms with E-state index in [0.717, 1.165) is 0 Å². The first-order valence-corrected chi connectivity index (χ1v) is 5.79. The van der Waals surface area contributed by atoms with Crippen LogP contribution in [-0.2, 0) is 4.79 Å². The van der Waals surface area contributed by atoms with E-state index in [9.17, 15) is 9.59 Å². The Morgan fingerprint density at radius 3 is 2.44 bits per heavy atom. The van der Waals surface area contributed by atoms with Gasteiger partial charge in [0.1, 0.15) is 0 Å². The fraction of sp³-hybridized carbons (Fsp3) is 0.385. The van der Waals surface area contributed by atoms with Crippen LogP contribution in [0.2, 0.25) is 0 Å². The Hall–Kier alpha value is -2.04. The largest absolute Gasteiger partial charge is 0.481 e. The number of hydrogen-bond acceptors (Lipinski definition) is 3. The molecule has 0 radical (unpaired) electrons. The molecule has 0 aliphatic rings. The highest BCUT2D eigenvalue weighted by Gasteiger charge is 2.22. The van der Waals surface area contributed by atoms with E-state index in [1.165, 1.54) is 0 Å². The van der Waals surface area contributed by atoms with Crippen LogP contribution in [0.1, 0.15) is 24.2 Å². The molecule has 0 aliphatic carbocycles. The van der Waals surface area contributed by atoms with Crippen LogP contribution in [0.5, 0.6) is 0 Å². The predicted octanol–water partition coefficient (Wildman–Crippen LogP) is 1.36. The number of carbonyl (C=O) groups is 2. The molecule has 5 nitrogen and oxygen atoms in total. The van der Waals surface area contributed by atoms with E-state index in [2.05, 4.69) is 5.32 Å². The van der Waals surface area contributed by atoms with Gasteiger partial charge in [0.15, 0.2) is 0 Å². The molecule has 1 rings (SSSR count). The molecule has 0 bridgehead atoms. The third-order valence-electron chi connectivity index (χ3n) is 2.81. The molecule has 5 heteroatoms. The van der Waals surface area contributed by atoms with Gasteiger partial charge in [0.2, 0.25) is 0 Å². The molecule has 1 aromatic carbocycles. The molecule has 0 aliphatic heterocycles. The summed E-state index contributed by atoms with van der Waals surface area (Å²) in [6, 6.07) is 6.69. The highest BCUT2D eigenvalue weighted by Crippen LogP contribution is 2.12. The normalized spacial score (nSPS) is 12.2. The van der Waals surface area contributed by atoms with Crippen LogP contribution in [0.4, 0.5) is 5.69 Å². The van der Waals surface area contributed by atoms with Crippen LogP contribution >= 0.6 is 0 Å². The maximum atomic E-state index is 11.8. The first kappa shape index (κ1) is 14.0. The van der Waals surface area contributed by atoms with Gasteiger partial charge in [-0.1, -0.05) is 26.0 Å². The van der Waals surface area contributed by atoms with E-state index in [1.54, 1.807) is 24.3 Å². The lowest BCUT2D eigenvalue weighted by atomic mass is 9.96. The quantitative estimate of drug-likeness (QED) is 0.688. The predicted molar refractivity (Wildman–Crippen MR) is 69.2 cm³/mol. The minimum absolute atomic E-state index is 0.0454. The fourth-order valence-corrected chi connectivity index (χ4v) is 1.61. The molecule has 0 heterocycles. The van der Waals surface area contributed by atoms with E-state index >= 15 is 0 Å². The van der Waals surface area contributed by atoms with Gasteiger partial charge < -0.3 is 16.2 Å². The minimum atomic E-state index is -0.911. The first-order valence-electron chi connectivity index (χ1n) is 5.79. The number of nitrogens with one attached hydrogen (secondary N) is 1. The number of para-hydroxylation sites is 1. The Balaban J connectivity index is 2.66. The van der Waals surface area contributed by atoms with Crippen molar-refractivity contribution in [3.8, 4) is 0 Å². The molecule has 0 spiro atoms. The summed E-state index contributed by atoms with van der Waals surface area (Å²) in [6.45, 7) is 3.71. The van der Waals surface area contributed by atoms with E-state index in [0.29, 0.717) is 11.3 Å². The Bertz CT molecular complexity index is 444. The average molecular weight is 250 g/mol. The number of rotatable bonds is 5. The first-order chi connectivity index (χ1) is 8.43. The van der Waals surface area contributed by atoms with Crippen molar-refractivity contribution in [3.05, 3.63) is 29.8 Å². The zero-order valence-corrected chi connectivity index (χ0v) is 10.5. The van der Waals surface area contributed by atoms with Gasteiger partial charge in [-0.05, 0) is 18.1 Å². The van der Waals surface area contributed by atoms with Crippen molar-refractivity contribution >= 4 is 17.6 Å². The van der Waals surface area contributed by atoms with Gasteiger partial charge in [0, 0.05) is 12.2 Å². The second-order valence-corrected chi connectivity index (χ2v) is 4.49. The van der Waals surface area contributed by atoms with Crippen LogP contribution in [0.3, 0.4) is 0 Å². The summed E-state index contributed by atoms with van der Waals surface area (Å²) in [5, 5.41) is 11.6. The number of carbonyl (C=O) groups excluding carboxylic acids is 1. The van der Waals surface area contributed by atoms with Gasteiger partial charge in [0.05, 0.1) is 11.5 Å². The van der Waals surface area contributed by atoms with Crippen LogP contribution < -0.4 is 11.1 Å². The Kier molecular flexibility index (Phi) is 4.71. The van der Waals surface area contributed by atoms with Crippen molar-refractivity contribution < 1.29 is 14.7 Å². The van der Waals surface area contributed by atoms with E-state index in [4.69, 9.17) is 10.8 Å². The van der Waals surface area contributed by atoms with E-state index < -0.39 is 11.9 Å². The Labute approximate surface area is 106 Å². The van der Waals surface area contributed by atoms with Crippen molar-refractivity contribution in [2.24, 2.45) is 11.8 Å². The zero-order valence-electron chi connectivity index (χ0n) is 10.5. The van der Waals surface area contributed by atoms with Crippen molar-refractivity contribution in [1.29, 1.82) is 0 Å². The molecule has 1 amide bonds. The molecule has 0 saturated heterocycles. The van der Waals surface area contributed by atoms with Gasteiger partial charge in [-0.25, -0.2) is 0 Å². The topological polar surface area (TPSA) is 92.4 Å². The lowest BCUT2D eigenvalue weighted by Gasteiger charge is -2.17. The lowest BCUT2D eigenvalue weighted by Crippen LogP contribution is -2.35. The van der Waals surface area contributed by atoms with Crippen molar-refractivity contribution in [3.63, 3.8) is 0 Å². The molecular formula is C13H18N2O3. The van der Waals surface area contributed by atoms with Crippen molar-refractivity contribution in [1.82, 2.24) is 5.32 Å². The molecule has 0 saturated carbocycles. The van der Waals surface area contributed by atoms with Gasteiger partial charge >= 0.3 is 5.97 Å². The smallest absolute Gasteiger partial charge is 0.308 e. The third-order valence-corrected chi connectivity index (χ3v) is 2.81. The molecule has 4 N–H and O–H groups in total. The molecular weight excluding hydrogens is 232 g/mol. The van der Waals surface area contributed by atoms with Crippen LogP contribution in [0.25, 0.3) is 0 Å². The van der Waals surface area contributed by atoms with Gasteiger partial charge in [0.25, 0.3) is 5.91 Å². The molecule has 0 aromatic heterocycles. The number of benzene rings is 1. The summed E-state index contributed by atoms with van der Waals surface area (Å²) in [6.07, 6.45) is 0. The van der Waals surface area contributed by atoms with Crippen LogP contribution in [0, 0.1) is 11.8 Å². The molecule has 18 heavy (non-hydrogen) atoms. The Morgan fingerprint density at radius 1 is 1.33 bits per heavy atom. The minimum Gasteiger partial charge on any atom is -0.481 e. The Morgan fingerprint density at radius 2 is 1.94 bits per heavy atom. The second kappa shape index (κ2) is 6.05. The molecule has 0 fully saturated rings. The number of hydrogen-bond donors (Lipinski definition) is 3. The summed E-state index contributed by atoms with van der Waals surface area (Å²) in [5.41, 5.74) is 6.42. The summed E-state index contributed by atoms with van der Waals surface area (Å²) in [7, 11) is 0. The molecule has 1 atom stereocenters. The monoisotopic (exact) mass is 250 g/mol. The summed E-state index contributed by atoms with van der Waals surface area (Å²) in [4.78, 5) is 22.8. The standard InChI is InChI=1S/C13H18N2O3/c1-8(2)10(13(17)18)7-15-12(16)9-5-3-4-6-11(9)14/h3-6,8,10H,7,14H2,1-2H3,(H,15,16)(H,17,18). The SMILES string of the molecule is CC(C)C(CNC(=O)c1ccccc1N)C(=O)O.